The third-order valence-corrected chi connectivity index (χ3v) is 6.66. The molecule has 0 saturated heterocycles. The minimum atomic E-state index is 0.723. The van der Waals surface area contributed by atoms with E-state index in [2.05, 4.69) is 44.2 Å². The van der Waals surface area contributed by atoms with E-state index >= 15 is 0 Å². The van der Waals surface area contributed by atoms with Gasteiger partial charge in [-0.25, -0.2) is 9.97 Å². The first-order chi connectivity index (χ1) is 15.7. The molecular formula is C24H18N4S4. The number of hydrogen-bond donors (Lipinski definition) is 0. The Kier molecular flexibility index (Phi) is 7.63. The van der Waals surface area contributed by atoms with E-state index in [1.54, 1.807) is 22.7 Å². The SMILES string of the molecule is [S-]c1nc2ccccc2s1.[S-]c1nc2ccccc2s1.c1cc(-c2cc[nH+]cc2)cc[nH+]1. The zero-order valence-electron chi connectivity index (χ0n) is 16.8. The second-order valence-corrected chi connectivity index (χ2v) is 9.82. The van der Waals surface area contributed by atoms with Crippen molar-refractivity contribution in [3.8, 4) is 11.1 Å². The largest absolute Gasteiger partial charge is 0.408 e. The first-order valence-corrected chi connectivity index (χ1v) is 12.1. The molecule has 158 valence electrons. The lowest BCUT2D eigenvalue weighted by Crippen LogP contribution is -1.99. The van der Waals surface area contributed by atoms with Crippen LogP contribution in [0, 0.1) is 0 Å². The van der Waals surface area contributed by atoms with Crippen molar-refractivity contribution in [3.63, 3.8) is 0 Å². The highest BCUT2D eigenvalue weighted by Gasteiger charge is 1.97. The standard InChI is InChI=1S/C10H8N2.2C7H5NS2/c1-5-11-6-2-9(1)10-3-7-12-8-4-10;2*9-7-8-5-3-1-2-4-6(5)10-7/h1-8H;2*1-4H,(H,8,9). The average molecular weight is 491 g/mol. The molecule has 8 heteroatoms. The molecule has 0 spiro atoms. The number of aromatic amines is 2. The van der Waals surface area contributed by atoms with Crippen LogP contribution in [0.2, 0.25) is 0 Å². The number of para-hydroxylation sites is 2. The molecule has 0 saturated carbocycles. The van der Waals surface area contributed by atoms with Crippen molar-refractivity contribution in [1.29, 1.82) is 0 Å². The summed E-state index contributed by atoms with van der Waals surface area (Å²) in [6, 6.07) is 24.1. The molecular weight excluding hydrogens is 473 g/mol. The Morgan fingerprint density at radius 2 is 0.906 bits per heavy atom. The second kappa shape index (κ2) is 11.0. The molecule has 6 rings (SSSR count). The summed E-state index contributed by atoms with van der Waals surface area (Å²) in [4.78, 5) is 14.3. The molecule has 0 amide bonds. The van der Waals surface area contributed by atoms with Crippen LogP contribution >= 0.6 is 22.7 Å². The molecule has 2 N–H and O–H groups in total. The quantitative estimate of drug-likeness (QED) is 0.290. The first kappa shape index (κ1) is 22.2. The van der Waals surface area contributed by atoms with Crippen LogP contribution in [0.15, 0.2) is 106 Å². The summed E-state index contributed by atoms with van der Waals surface area (Å²) in [5.41, 5.74) is 4.47. The van der Waals surface area contributed by atoms with Crippen molar-refractivity contribution >= 4 is 68.4 Å². The Balaban J connectivity index is 0.000000115. The zero-order chi connectivity index (χ0) is 22.2. The normalized spacial score (nSPS) is 10.1. The number of benzene rings is 2. The highest BCUT2D eigenvalue weighted by Crippen LogP contribution is 2.21. The summed E-state index contributed by atoms with van der Waals surface area (Å²) in [5.74, 6) is 0. The van der Waals surface area contributed by atoms with Gasteiger partial charge >= 0.3 is 0 Å². The maximum atomic E-state index is 4.92. The summed E-state index contributed by atoms with van der Waals surface area (Å²) in [6.07, 6.45) is 7.69. The van der Waals surface area contributed by atoms with Crippen molar-refractivity contribution in [1.82, 2.24) is 9.97 Å². The molecule has 4 heterocycles. The van der Waals surface area contributed by atoms with Gasteiger partial charge in [-0.2, -0.15) is 0 Å². The molecule has 2 aromatic carbocycles. The number of thiazole rings is 2. The molecule has 0 atom stereocenters. The fourth-order valence-electron chi connectivity index (χ4n) is 2.86. The van der Waals surface area contributed by atoms with Gasteiger partial charge in [-0.15, -0.1) is 0 Å². The van der Waals surface area contributed by atoms with Crippen LogP contribution in [-0.4, -0.2) is 9.97 Å². The Morgan fingerprint density at radius 1 is 0.531 bits per heavy atom. The molecule has 4 aromatic heterocycles. The molecule has 0 aliphatic rings. The van der Waals surface area contributed by atoms with Crippen molar-refractivity contribution in [2.75, 3.05) is 0 Å². The fourth-order valence-corrected chi connectivity index (χ4v) is 4.99. The number of H-pyrrole nitrogens is 2. The van der Waals surface area contributed by atoms with Crippen molar-refractivity contribution in [2.45, 2.75) is 8.68 Å². The van der Waals surface area contributed by atoms with Gasteiger partial charge < -0.3 is 47.9 Å². The van der Waals surface area contributed by atoms with Crippen LogP contribution in [0.3, 0.4) is 0 Å². The van der Waals surface area contributed by atoms with E-state index in [1.165, 1.54) is 20.5 Å². The van der Waals surface area contributed by atoms with E-state index in [1.807, 2.05) is 73.3 Å². The predicted octanol–water partition coefficient (Wildman–Crippen LogP) is 5.39. The van der Waals surface area contributed by atoms with E-state index in [4.69, 9.17) is 25.3 Å². The Morgan fingerprint density at radius 3 is 1.28 bits per heavy atom. The first-order valence-electron chi connectivity index (χ1n) is 9.67. The van der Waals surface area contributed by atoms with Crippen molar-refractivity contribution < 1.29 is 9.97 Å². The fraction of sp³-hybridized carbons (Fsp3) is 0. The van der Waals surface area contributed by atoms with Gasteiger partial charge in [-0.1, -0.05) is 36.4 Å². The van der Waals surface area contributed by atoms with E-state index in [9.17, 15) is 0 Å². The van der Waals surface area contributed by atoms with Crippen LogP contribution in [-0.2, 0) is 25.3 Å². The van der Waals surface area contributed by atoms with Gasteiger partial charge in [0.15, 0.2) is 24.8 Å². The maximum Gasteiger partial charge on any atom is 0.167 e. The van der Waals surface area contributed by atoms with Crippen LogP contribution in [0.25, 0.3) is 31.6 Å². The van der Waals surface area contributed by atoms with Crippen molar-refractivity contribution in [2.24, 2.45) is 0 Å². The predicted molar refractivity (Wildman–Crippen MR) is 135 cm³/mol. The number of rotatable bonds is 1. The molecule has 0 aliphatic heterocycles. The number of hydrogen-bond acceptors (Lipinski definition) is 6. The highest BCUT2D eigenvalue weighted by atomic mass is 32.2. The van der Waals surface area contributed by atoms with E-state index in [0.29, 0.717) is 0 Å². The molecule has 0 unspecified atom stereocenters. The van der Waals surface area contributed by atoms with Gasteiger partial charge in [0.25, 0.3) is 0 Å². The molecule has 0 aliphatic carbocycles. The van der Waals surface area contributed by atoms with Gasteiger partial charge in [0.1, 0.15) is 0 Å². The minimum Gasteiger partial charge on any atom is -0.408 e. The topological polar surface area (TPSA) is 54.1 Å². The number of nitrogens with zero attached hydrogens (tertiary/aromatic N) is 2. The lowest BCUT2D eigenvalue weighted by Gasteiger charge is -1.93. The van der Waals surface area contributed by atoms with Crippen LogP contribution in [0.5, 0.6) is 0 Å². The monoisotopic (exact) mass is 490 g/mol. The molecule has 0 radical (unpaired) electrons. The maximum absolute atomic E-state index is 4.92. The van der Waals surface area contributed by atoms with E-state index < -0.39 is 0 Å². The third-order valence-electron chi connectivity index (χ3n) is 4.32. The number of aromatic nitrogens is 4. The molecule has 6 aromatic rings. The zero-order valence-corrected chi connectivity index (χ0v) is 20.0. The number of fused-ring (bicyclic) bond motifs is 2. The number of nitrogens with one attached hydrogen (secondary N) is 2. The Hall–Kier alpha value is -3.04. The minimum absolute atomic E-state index is 0.723. The van der Waals surface area contributed by atoms with Crippen LogP contribution in [0.1, 0.15) is 0 Å². The van der Waals surface area contributed by atoms with E-state index in [0.717, 1.165) is 19.7 Å². The smallest absolute Gasteiger partial charge is 0.167 e. The Labute approximate surface area is 204 Å². The summed E-state index contributed by atoms with van der Waals surface area (Å²) >= 11 is 13.0. The van der Waals surface area contributed by atoms with Gasteiger partial charge in [0.05, 0.1) is 11.0 Å². The van der Waals surface area contributed by atoms with Gasteiger partial charge in [0.2, 0.25) is 0 Å². The molecule has 0 bridgehead atoms. The Bertz CT molecular complexity index is 1220. The van der Waals surface area contributed by atoms with Crippen LogP contribution in [0.4, 0.5) is 0 Å². The molecule has 32 heavy (non-hydrogen) atoms. The highest BCUT2D eigenvalue weighted by molar-refractivity contribution is 7.63. The van der Waals surface area contributed by atoms with Gasteiger partial charge in [0, 0.05) is 24.3 Å². The molecule has 0 fully saturated rings. The average Bonchev–Trinajstić information content (AvgIpc) is 3.41. The molecule has 4 nitrogen and oxygen atoms in total. The summed E-state index contributed by atoms with van der Waals surface area (Å²) in [5, 5.41) is 0. The summed E-state index contributed by atoms with van der Waals surface area (Å²) < 4.78 is 3.79. The lowest BCUT2D eigenvalue weighted by molar-refractivity contribution is -0.378. The second-order valence-electron chi connectivity index (χ2n) is 6.47. The van der Waals surface area contributed by atoms with Crippen molar-refractivity contribution in [3.05, 3.63) is 97.6 Å². The number of pyridine rings is 2. The van der Waals surface area contributed by atoms with Gasteiger partial charge in [-0.05, 0) is 41.3 Å². The third kappa shape index (κ3) is 6.02. The summed E-state index contributed by atoms with van der Waals surface area (Å²) in [6.45, 7) is 0. The van der Waals surface area contributed by atoms with E-state index in [-0.39, 0.29) is 0 Å². The van der Waals surface area contributed by atoms with Crippen LogP contribution < -0.4 is 9.97 Å². The summed E-state index contributed by atoms with van der Waals surface area (Å²) in [7, 11) is 0. The van der Waals surface area contributed by atoms with Gasteiger partial charge in [-0.3, -0.25) is 9.97 Å². The lowest BCUT2D eigenvalue weighted by atomic mass is 10.1.